The molecule has 1 aromatic rings. The van der Waals surface area contributed by atoms with E-state index in [0.717, 1.165) is 16.9 Å². The van der Waals surface area contributed by atoms with Crippen molar-refractivity contribution in [1.29, 1.82) is 0 Å². The molecule has 0 aromatic heterocycles. The van der Waals surface area contributed by atoms with E-state index in [1.54, 1.807) is 19.1 Å². The standard InChI is InChI=1S/C18H25N3O5/c1-25-11-13-7-12(3-4-16(13)26-2)8-20-5-6-21-15(9-20)17(23)19-14(10-22)18(21)24/h3-4,7,14-15,22H,5-6,8-11H2,1-2H3,(H,19,23)/t14-,15-/m1/s1. The highest BCUT2D eigenvalue weighted by molar-refractivity contribution is 5.97. The lowest BCUT2D eigenvalue weighted by Crippen LogP contribution is -2.69. The molecule has 8 nitrogen and oxygen atoms in total. The zero-order valence-electron chi connectivity index (χ0n) is 15.1. The molecule has 0 saturated carbocycles. The first-order chi connectivity index (χ1) is 12.6. The Kier molecular flexibility index (Phi) is 5.75. The molecule has 0 unspecified atom stereocenters. The Labute approximate surface area is 152 Å². The number of hydrogen-bond donors (Lipinski definition) is 2. The van der Waals surface area contributed by atoms with Gasteiger partial charge in [-0.3, -0.25) is 14.5 Å². The third-order valence-electron chi connectivity index (χ3n) is 4.90. The summed E-state index contributed by atoms with van der Waals surface area (Å²) in [5.74, 6) is 0.374. The number of rotatable bonds is 6. The van der Waals surface area contributed by atoms with Gasteiger partial charge in [0.05, 0.1) is 20.3 Å². The van der Waals surface area contributed by atoms with Gasteiger partial charge in [0.25, 0.3) is 0 Å². The van der Waals surface area contributed by atoms with Crippen LogP contribution in [0.2, 0.25) is 0 Å². The topological polar surface area (TPSA) is 91.3 Å². The Morgan fingerprint density at radius 1 is 1.27 bits per heavy atom. The molecule has 2 aliphatic rings. The van der Waals surface area contributed by atoms with Gasteiger partial charge in [-0.05, 0) is 17.7 Å². The van der Waals surface area contributed by atoms with Crippen LogP contribution in [-0.2, 0) is 27.5 Å². The van der Waals surface area contributed by atoms with E-state index >= 15 is 0 Å². The van der Waals surface area contributed by atoms with Crippen LogP contribution in [0.4, 0.5) is 0 Å². The Balaban J connectivity index is 1.69. The first-order valence-corrected chi connectivity index (χ1v) is 8.66. The van der Waals surface area contributed by atoms with Crippen molar-refractivity contribution < 1.29 is 24.2 Å². The molecule has 8 heteroatoms. The summed E-state index contributed by atoms with van der Waals surface area (Å²) < 4.78 is 10.6. The van der Waals surface area contributed by atoms with Crippen LogP contribution in [-0.4, -0.2) is 79.3 Å². The van der Waals surface area contributed by atoms with E-state index in [-0.39, 0.29) is 18.4 Å². The van der Waals surface area contributed by atoms with E-state index < -0.39 is 12.1 Å². The summed E-state index contributed by atoms with van der Waals surface area (Å²) in [6, 6.07) is 4.64. The summed E-state index contributed by atoms with van der Waals surface area (Å²) in [5.41, 5.74) is 2.07. The fourth-order valence-corrected chi connectivity index (χ4v) is 3.58. The van der Waals surface area contributed by atoms with Crippen LogP contribution >= 0.6 is 0 Å². The van der Waals surface area contributed by atoms with E-state index in [9.17, 15) is 14.7 Å². The predicted octanol–water partition coefficient (Wildman–Crippen LogP) is -0.655. The van der Waals surface area contributed by atoms with Gasteiger partial charge in [-0.25, -0.2) is 0 Å². The second-order valence-corrected chi connectivity index (χ2v) is 6.61. The van der Waals surface area contributed by atoms with E-state index in [0.29, 0.717) is 32.8 Å². The normalized spacial score (nSPS) is 23.6. The number of benzene rings is 1. The first kappa shape index (κ1) is 18.6. The summed E-state index contributed by atoms with van der Waals surface area (Å²) >= 11 is 0. The zero-order valence-corrected chi connectivity index (χ0v) is 15.1. The minimum absolute atomic E-state index is 0.205. The van der Waals surface area contributed by atoms with Gasteiger partial charge in [-0.2, -0.15) is 0 Å². The molecule has 142 valence electrons. The molecular formula is C18H25N3O5. The van der Waals surface area contributed by atoms with Crippen LogP contribution < -0.4 is 10.1 Å². The van der Waals surface area contributed by atoms with E-state index in [2.05, 4.69) is 10.2 Å². The zero-order chi connectivity index (χ0) is 18.7. The maximum Gasteiger partial charge on any atom is 0.248 e. The lowest BCUT2D eigenvalue weighted by molar-refractivity contribution is -0.154. The predicted molar refractivity (Wildman–Crippen MR) is 93.5 cm³/mol. The molecule has 2 heterocycles. The summed E-state index contributed by atoms with van der Waals surface area (Å²) in [6.07, 6.45) is 0. The third-order valence-corrected chi connectivity index (χ3v) is 4.90. The van der Waals surface area contributed by atoms with Gasteiger partial charge in [-0.15, -0.1) is 0 Å². The molecule has 1 aromatic carbocycles. The molecule has 2 saturated heterocycles. The number of methoxy groups -OCH3 is 2. The molecule has 2 aliphatic heterocycles. The maximum absolute atomic E-state index is 12.3. The van der Waals surface area contributed by atoms with E-state index in [1.807, 2.05) is 18.2 Å². The number of hydrogen-bond acceptors (Lipinski definition) is 6. The molecule has 2 atom stereocenters. The quantitative estimate of drug-likeness (QED) is 0.698. The van der Waals surface area contributed by atoms with Crippen molar-refractivity contribution in [2.24, 2.45) is 0 Å². The van der Waals surface area contributed by atoms with Crippen molar-refractivity contribution >= 4 is 11.8 Å². The summed E-state index contributed by atoms with van der Waals surface area (Å²) in [5, 5.41) is 11.8. The molecule has 26 heavy (non-hydrogen) atoms. The molecule has 2 amide bonds. The maximum atomic E-state index is 12.3. The number of aliphatic hydroxyl groups is 1. The number of nitrogens with one attached hydrogen (secondary N) is 1. The fraction of sp³-hybridized carbons (Fsp3) is 0.556. The number of amides is 2. The SMILES string of the molecule is COCc1cc(CN2CCN3C(=O)[C@@H](CO)NC(=O)[C@H]3C2)ccc1OC. The third kappa shape index (κ3) is 3.67. The number of carbonyl (C=O) groups excluding carboxylic acids is 2. The minimum Gasteiger partial charge on any atom is -0.496 e. The molecule has 0 aliphatic carbocycles. The average Bonchev–Trinajstić information content (AvgIpc) is 2.65. The summed E-state index contributed by atoms with van der Waals surface area (Å²) in [6.45, 7) is 2.41. The van der Waals surface area contributed by atoms with Gasteiger partial charge in [-0.1, -0.05) is 6.07 Å². The molecule has 2 fully saturated rings. The van der Waals surface area contributed by atoms with Crippen molar-refractivity contribution in [1.82, 2.24) is 15.1 Å². The van der Waals surface area contributed by atoms with Gasteiger partial charge in [0.1, 0.15) is 17.8 Å². The second-order valence-electron chi connectivity index (χ2n) is 6.61. The van der Waals surface area contributed by atoms with Crippen LogP contribution in [0.3, 0.4) is 0 Å². The Morgan fingerprint density at radius 3 is 2.77 bits per heavy atom. The van der Waals surface area contributed by atoms with Gasteiger partial charge in [0, 0.05) is 38.9 Å². The van der Waals surface area contributed by atoms with Crippen LogP contribution in [0.5, 0.6) is 5.75 Å². The van der Waals surface area contributed by atoms with Gasteiger partial charge >= 0.3 is 0 Å². The second kappa shape index (κ2) is 8.03. The Morgan fingerprint density at radius 2 is 2.08 bits per heavy atom. The van der Waals surface area contributed by atoms with Crippen LogP contribution in [0.15, 0.2) is 18.2 Å². The van der Waals surface area contributed by atoms with Gasteiger partial charge < -0.3 is 24.8 Å². The van der Waals surface area contributed by atoms with Crippen molar-refractivity contribution in [3.8, 4) is 5.75 Å². The number of fused-ring (bicyclic) bond motifs is 1. The number of ether oxygens (including phenoxy) is 2. The van der Waals surface area contributed by atoms with Crippen LogP contribution in [0, 0.1) is 0 Å². The summed E-state index contributed by atoms with van der Waals surface area (Å²) in [7, 11) is 3.27. The summed E-state index contributed by atoms with van der Waals surface area (Å²) in [4.78, 5) is 28.3. The Hall–Kier alpha value is -2.16. The van der Waals surface area contributed by atoms with Crippen molar-refractivity contribution in [3.63, 3.8) is 0 Å². The molecule has 0 bridgehead atoms. The monoisotopic (exact) mass is 363 g/mol. The number of nitrogens with zero attached hydrogens (tertiary/aromatic N) is 2. The number of carbonyl (C=O) groups is 2. The molecule has 0 spiro atoms. The van der Waals surface area contributed by atoms with Crippen molar-refractivity contribution in [3.05, 3.63) is 29.3 Å². The smallest absolute Gasteiger partial charge is 0.248 e. The van der Waals surface area contributed by atoms with E-state index in [4.69, 9.17) is 9.47 Å². The van der Waals surface area contributed by atoms with E-state index in [1.165, 1.54) is 0 Å². The van der Waals surface area contributed by atoms with Gasteiger partial charge in [0.15, 0.2) is 0 Å². The lowest BCUT2D eigenvalue weighted by atomic mass is 10.0. The lowest BCUT2D eigenvalue weighted by Gasteiger charge is -2.45. The fourth-order valence-electron chi connectivity index (χ4n) is 3.58. The molecule has 3 rings (SSSR count). The number of aliphatic hydroxyl groups excluding tert-OH is 1. The Bertz CT molecular complexity index is 681. The van der Waals surface area contributed by atoms with Crippen LogP contribution in [0.25, 0.3) is 0 Å². The highest BCUT2D eigenvalue weighted by Gasteiger charge is 2.43. The van der Waals surface area contributed by atoms with Crippen LogP contribution in [0.1, 0.15) is 11.1 Å². The van der Waals surface area contributed by atoms with Crippen molar-refractivity contribution in [2.45, 2.75) is 25.2 Å². The molecule has 0 radical (unpaired) electrons. The van der Waals surface area contributed by atoms with Crippen molar-refractivity contribution in [2.75, 3.05) is 40.5 Å². The highest BCUT2D eigenvalue weighted by Crippen LogP contribution is 2.23. The largest absolute Gasteiger partial charge is 0.496 e. The molecule has 2 N–H and O–H groups in total. The number of piperazine rings is 2. The average molecular weight is 363 g/mol. The highest BCUT2D eigenvalue weighted by atomic mass is 16.5. The molecular weight excluding hydrogens is 338 g/mol. The minimum atomic E-state index is -0.816. The first-order valence-electron chi connectivity index (χ1n) is 8.66. The van der Waals surface area contributed by atoms with Gasteiger partial charge in [0.2, 0.25) is 11.8 Å².